The highest BCUT2D eigenvalue weighted by atomic mass is 16.6. The molecule has 128 valence electrons. The van der Waals surface area contributed by atoms with Crippen molar-refractivity contribution in [3.05, 3.63) is 29.3 Å². The second-order valence-electron chi connectivity index (χ2n) is 7.64. The van der Waals surface area contributed by atoms with E-state index in [1.807, 2.05) is 20.8 Å². The summed E-state index contributed by atoms with van der Waals surface area (Å²) in [5.41, 5.74) is 3.29. The standard InChI is InChI=1S/C19H30N2O2/c1-13-9-10-14(2)17(11-13)21-16-8-6-7-15(16)12-20-18(22)23-19(3,4)5/h9-11,15-16,21H,6-8,12H2,1-5H3,(H,20,22). The molecule has 4 heteroatoms. The van der Waals surface area contributed by atoms with Gasteiger partial charge in [-0.05, 0) is 70.6 Å². The van der Waals surface area contributed by atoms with Gasteiger partial charge in [0, 0.05) is 18.3 Å². The molecule has 0 aromatic heterocycles. The summed E-state index contributed by atoms with van der Waals surface area (Å²) in [5.74, 6) is 0.447. The van der Waals surface area contributed by atoms with Gasteiger partial charge in [0.25, 0.3) is 0 Å². The summed E-state index contributed by atoms with van der Waals surface area (Å²) in [6.45, 7) is 10.6. The molecule has 0 radical (unpaired) electrons. The minimum Gasteiger partial charge on any atom is -0.444 e. The Morgan fingerprint density at radius 2 is 2.00 bits per heavy atom. The minimum atomic E-state index is -0.448. The van der Waals surface area contributed by atoms with Gasteiger partial charge in [0.15, 0.2) is 0 Å². The van der Waals surface area contributed by atoms with E-state index in [0.29, 0.717) is 18.5 Å². The van der Waals surface area contributed by atoms with Gasteiger partial charge in [0.2, 0.25) is 0 Å². The van der Waals surface area contributed by atoms with Gasteiger partial charge in [-0.25, -0.2) is 4.79 Å². The van der Waals surface area contributed by atoms with Crippen LogP contribution in [0.5, 0.6) is 0 Å². The minimum absolute atomic E-state index is 0.324. The third-order valence-corrected chi connectivity index (χ3v) is 4.30. The Morgan fingerprint density at radius 1 is 1.26 bits per heavy atom. The molecule has 1 aromatic carbocycles. The van der Waals surface area contributed by atoms with Crippen LogP contribution in [-0.4, -0.2) is 24.3 Å². The van der Waals surface area contributed by atoms with E-state index in [-0.39, 0.29) is 6.09 Å². The van der Waals surface area contributed by atoms with Crippen molar-refractivity contribution in [3.8, 4) is 0 Å². The molecule has 2 atom stereocenters. The molecule has 2 rings (SSSR count). The second-order valence-corrected chi connectivity index (χ2v) is 7.64. The van der Waals surface area contributed by atoms with Crippen molar-refractivity contribution in [2.75, 3.05) is 11.9 Å². The van der Waals surface area contributed by atoms with Crippen LogP contribution in [0.25, 0.3) is 0 Å². The summed E-state index contributed by atoms with van der Waals surface area (Å²) < 4.78 is 5.32. The molecule has 2 N–H and O–H groups in total. The molecule has 0 bridgehead atoms. The first kappa shape index (κ1) is 17.6. The van der Waals surface area contributed by atoms with Gasteiger partial charge >= 0.3 is 6.09 Å². The van der Waals surface area contributed by atoms with Crippen LogP contribution in [0, 0.1) is 19.8 Å². The molecule has 4 nitrogen and oxygen atoms in total. The van der Waals surface area contributed by atoms with Crippen LogP contribution < -0.4 is 10.6 Å². The molecule has 0 saturated heterocycles. The van der Waals surface area contributed by atoms with E-state index in [2.05, 4.69) is 42.7 Å². The third kappa shape index (κ3) is 5.45. The number of benzene rings is 1. The third-order valence-electron chi connectivity index (χ3n) is 4.30. The van der Waals surface area contributed by atoms with Gasteiger partial charge in [-0.2, -0.15) is 0 Å². The van der Waals surface area contributed by atoms with Crippen LogP contribution in [0.15, 0.2) is 18.2 Å². The van der Waals surface area contributed by atoms with E-state index in [1.165, 1.54) is 23.2 Å². The molecule has 0 aliphatic heterocycles. The normalized spacial score (nSPS) is 21.1. The quantitative estimate of drug-likeness (QED) is 0.864. The molecule has 2 unspecified atom stereocenters. The topological polar surface area (TPSA) is 50.4 Å². The average molecular weight is 318 g/mol. The Bertz CT molecular complexity index is 549. The largest absolute Gasteiger partial charge is 0.444 e. The van der Waals surface area contributed by atoms with E-state index in [1.54, 1.807) is 0 Å². The molecular formula is C19H30N2O2. The maximum absolute atomic E-state index is 11.8. The Hall–Kier alpha value is -1.71. The van der Waals surface area contributed by atoms with Gasteiger partial charge in [-0.1, -0.05) is 18.6 Å². The van der Waals surface area contributed by atoms with E-state index in [0.717, 1.165) is 12.8 Å². The molecule has 1 fully saturated rings. The van der Waals surface area contributed by atoms with Gasteiger partial charge in [-0.15, -0.1) is 0 Å². The lowest BCUT2D eigenvalue weighted by Crippen LogP contribution is -2.38. The highest BCUT2D eigenvalue weighted by Crippen LogP contribution is 2.29. The number of nitrogens with one attached hydrogen (secondary N) is 2. The predicted molar refractivity (Wildman–Crippen MR) is 94.9 cm³/mol. The van der Waals surface area contributed by atoms with Crippen LogP contribution in [0.4, 0.5) is 10.5 Å². The summed E-state index contributed by atoms with van der Waals surface area (Å²) in [4.78, 5) is 11.8. The lowest BCUT2D eigenvalue weighted by molar-refractivity contribution is 0.0519. The predicted octanol–water partition coefficient (Wildman–Crippen LogP) is 4.41. The zero-order valence-corrected chi connectivity index (χ0v) is 15.0. The van der Waals surface area contributed by atoms with Crippen LogP contribution >= 0.6 is 0 Å². The lowest BCUT2D eigenvalue weighted by Gasteiger charge is -2.25. The summed E-state index contributed by atoms with van der Waals surface area (Å²) in [6, 6.07) is 6.90. The molecule has 0 heterocycles. The second kappa shape index (κ2) is 7.24. The lowest BCUT2D eigenvalue weighted by atomic mass is 10.0. The fourth-order valence-corrected chi connectivity index (χ4v) is 3.09. The fourth-order valence-electron chi connectivity index (χ4n) is 3.09. The number of rotatable bonds is 4. The Balaban J connectivity index is 1.90. The Labute approximate surface area is 140 Å². The van der Waals surface area contributed by atoms with Crippen molar-refractivity contribution in [1.82, 2.24) is 5.32 Å². The van der Waals surface area contributed by atoms with E-state index >= 15 is 0 Å². The van der Waals surface area contributed by atoms with Crippen molar-refractivity contribution in [2.24, 2.45) is 5.92 Å². The first-order valence-electron chi connectivity index (χ1n) is 8.55. The van der Waals surface area contributed by atoms with E-state index in [4.69, 9.17) is 4.74 Å². The smallest absolute Gasteiger partial charge is 0.407 e. The van der Waals surface area contributed by atoms with Crippen LogP contribution in [0.3, 0.4) is 0 Å². The monoisotopic (exact) mass is 318 g/mol. The van der Waals surface area contributed by atoms with Gasteiger partial charge < -0.3 is 15.4 Å². The Morgan fingerprint density at radius 3 is 2.70 bits per heavy atom. The van der Waals surface area contributed by atoms with Crippen LogP contribution in [0.1, 0.15) is 51.2 Å². The van der Waals surface area contributed by atoms with Gasteiger partial charge in [0.05, 0.1) is 0 Å². The molecule has 0 spiro atoms. The zero-order chi connectivity index (χ0) is 17.0. The number of ether oxygens (including phenoxy) is 1. The van der Waals surface area contributed by atoms with Gasteiger partial charge in [-0.3, -0.25) is 0 Å². The number of carbonyl (C=O) groups is 1. The van der Waals surface area contributed by atoms with Gasteiger partial charge in [0.1, 0.15) is 5.60 Å². The van der Waals surface area contributed by atoms with E-state index < -0.39 is 5.60 Å². The SMILES string of the molecule is Cc1ccc(C)c(NC2CCCC2CNC(=O)OC(C)(C)C)c1. The number of anilines is 1. The number of hydrogen-bond donors (Lipinski definition) is 2. The van der Waals surface area contributed by atoms with Crippen molar-refractivity contribution in [2.45, 2.75) is 65.5 Å². The van der Waals surface area contributed by atoms with E-state index in [9.17, 15) is 4.79 Å². The summed E-state index contributed by atoms with van der Waals surface area (Å²) in [5, 5.41) is 6.60. The molecular weight excluding hydrogens is 288 g/mol. The van der Waals surface area contributed by atoms with Crippen LogP contribution in [-0.2, 0) is 4.74 Å². The molecule has 1 aliphatic rings. The zero-order valence-electron chi connectivity index (χ0n) is 15.0. The molecule has 1 saturated carbocycles. The van der Waals surface area contributed by atoms with Crippen LogP contribution in [0.2, 0.25) is 0 Å². The van der Waals surface area contributed by atoms with Crippen molar-refractivity contribution >= 4 is 11.8 Å². The van der Waals surface area contributed by atoms with Crippen molar-refractivity contribution in [3.63, 3.8) is 0 Å². The van der Waals surface area contributed by atoms with Crippen molar-refractivity contribution < 1.29 is 9.53 Å². The maximum Gasteiger partial charge on any atom is 0.407 e. The maximum atomic E-state index is 11.8. The first-order chi connectivity index (χ1) is 10.7. The average Bonchev–Trinajstić information content (AvgIpc) is 2.86. The number of aryl methyl sites for hydroxylation is 2. The molecule has 1 aliphatic carbocycles. The summed E-state index contributed by atoms with van der Waals surface area (Å²) >= 11 is 0. The number of hydrogen-bond acceptors (Lipinski definition) is 3. The molecule has 1 amide bonds. The number of carbonyl (C=O) groups excluding carboxylic acids is 1. The molecule has 1 aromatic rings. The van der Waals surface area contributed by atoms with Crippen molar-refractivity contribution in [1.29, 1.82) is 0 Å². The highest BCUT2D eigenvalue weighted by molar-refractivity contribution is 5.67. The molecule has 23 heavy (non-hydrogen) atoms. The highest BCUT2D eigenvalue weighted by Gasteiger charge is 2.28. The fraction of sp³-hybridized carbons (Fsp3) is 0.632. The Kier molecular flexibility index (Phi) is 5.55. The number of amides is 1. The first-order valence-corrected chi connectivity index (χ1v) is 8.55. The summed E-state index contributed by atoms with van der Waals surface area (Å²) in [6.07, 6.45) is 3.16. The summed E-state index contributed by atoms with van der Waals surface area (Å²) in [7, 11) is 0. The number of alkyl carbamates (subject to hydrolysis) is 1.